The highest BCUT2D eigenvalue weighted by molar-refractivity contribution is 5.25. The molecule has 0 aliphatic carbocycles. The zero-order chi connectivity index (χ0) is 13.3. The van der Waals surface area contributed by atoms with Crippen molar-refractivity contribution in [2.45, 2.75) is 65.0 Å². The third-order valence-corrected chi connectivity index (χ3v) is 3.44. The van der Waals surface area contributed by atoms with Crippen LogP contribution in [0.2, 0.25) is 0 Å². The summed E-state index contributed by atoms with van der Waals surface area (Å²) in [5, 5.41) is 0. The molecule has 1 aromatic carbocycles. The van der Waals surface area contributed by atoms with E-state index >= 15 is 0 Å². The number of ether oxygens (including phenoxy) is 2. The normalized spacial score (nSPS) is 27.4. The van der Waals surface area contributed by atoms with Crippen molar-refractivity contribution >= 4 is 0 Å². The standard InChI is InChI=1S/C16H24O2/c1-11(2)13-6-8-14(9-7-13)15-17-12(3)10-16(4,5)18-15/h6-9,11-12,15H,10H2,1-5H3/t12-,15-/m1/s1. The molecule has 2 nitrogen and oxygen atoms in total. The van der Waals surface area contributed by atoms with Gasteiger partial charge in [0.2, 0.25) is 0 Å². The molecule has 0 saturated carbocycles. The molecule has 2 atom stereocenters. The largest absolute Gasteiger partial charge is 0.345 e. The maximum Gasteiger partial charge on any atom is 0.184 e. The molecule has 0 bridgehead atoms. The van der Waals surface area contributed by atoms with E-state index in [4.69, 9.17) is 9.47 Å². The van der Waals surface area contributed by atoms with Crippen molar-refractivity contribution in [1.29, 1.82) is 0 Å². The average Bonchev–Trinajstić information content (AvgIpc) is 2.26. The number of rotatable bonds is 2. The Morgan fingerprint density at radius 3 is 2.28 bits per heavy atom. The quantitative estimate of drug-likeness (QED) is 0.771. The summed E-state index contributed by atoms with van der Waals surface area (Å²) in [6.07, 6.45) is 0.946. The van der Waals surface area contributed by atoms with Gasteiger partial charge in [0.25, 0.3) is 0 Å². The molecule has 100 valence electrons. The maximum absolute atomic E-state index is 6.01. The summed E-state index contributed by atoms with van der Waals surface area (Å²) in [6.45, 7) is 10.8. The Hall–Kier alpha value is -0.860. The Morgan fingerprint density at radius 2 is 1.78 bits per heavy atom. The van der Waals surface area contributed by atoms with E-state index in [2.05, 4.69) is 58.9 Å². The fourth-order valence-electron chi connectivity index (χ4n) is 2.50. The van der Waals surface area contributed by atoms with Gasteiger partial charge in [-0.1, -0.05) is 38.1 Å². The van der Waals surface area contributed by atoms with E-state index < -0.39 is 0 Å². The zero-order valence-corrected chi connectivity index (χ0v) is 12.1. The van der Waals surface area contributed by atoms with Crippen molar-refractivity contribution in [1.82, 2.24) is 0 Å². The van der Waals surface area contributed by atoms with Crippen LogP contribution in [0.1, 0.15) is 64.4 Å². The number of hydrogen-bond donors (Lipinski definition) is 0. The van der Waals surface area contributed by atoms with Crippen LogP contribution < -0.4 is 0 Å². The van der Waals surface area contributed by atoms with Crippen LogP contribution in [0.4, 0.5) is 0 Å². The minimum atomic E-state index is -0.232. The molecule has 1 aliphatic rings. The second-order valence-corrected chi connectivity index (χ2v) is 6.18. The zero-order valence-electron chi connectivity index (χ0n) is 12.1. The van der Waals surface area contributed by atoms with Crippen LogP contribution in [-0.4, -0.2) is 11.7 Å². The highest BCUT2D eigenvalue weighted by Crippen LogP contribution is 2.35. The second-order valence-electron chi connectivity index (χ2n) is 6.18. The Labute approximate surface area is 110 Å². The average molecular weight is 248 g/mol. The predicted molar refractivity (Wildman–Crippen MR) is 73.6 cm³/mol. The third-order valence-electron chi connectivity index (χ3n) is 3.44. The first-order valence-corrected chi connectivity index (χ1v) is 6.80. The van der Waals surface area contributed by atoms with Gasteiger partial charge < -0.3 is 9.47 Å². The fraction of sp³-hybridized carbons (Fsp3) is 0.625. The summed E-state index contributed by atoms with van der Waals surface area (Å²) in [5.74, 6) is 0.558. The third kappa shape index (κ3) is 3.12. The van der Waals surface area contributed by atoms with Gasteiger partial charge in [-0.3, -0.25) is 0 Å². The molecule has 0 radical (unpaired) electrons. The molecular weight excluding hydrogens is 224 g/mol. The minimum absolute atomic E-state index is 0.112. The Morgan fingerprint density at radius 1 is 1.17 bits per heavy atom. The minimum Gasteiger partial charge on any atom is -0.345 e. The van der Waals surface area contributed by atoms with E-state index in [0.717, 1.165) is 12.0 Å². The Balaban J connectivity index is 2.15. The van der Waals surface area contributed by atoms with Crippen molar-refractivity contribution in [3.8, 4) is 0 Å². The summed E-state index contributed by atoms with van der Waals surface area (Å²) >= 11 is 0. The van der Waals surface area contributed by atoms with Crippen LogP contribution in [0.3, 0.4) is 0 Å². The molecule has 0 N–H and O–H groups in total. The van der Waals surface area contributed by atoms with Gasteiger partial charge in [0.15, 0.2) is 6.29 Å². The summed E-state index contributed by atoms with van der Waals surface area (Å²) in [7, 11) is 0. The SMILES string of the molecule is CC(C)c1ccc([C@@H]2O[C@H](C)CC(C)(C)O2)cc1. The van der Waals surface area contributed by atoms with Gasteiger partial charge in [-0.25, -0.2) is 0 Å². The smallest absolute Gasteiger partial charge is 0.184 e. The van der Waals surface area contributed by atoms with Crippen molar-refractivity contribution < 1.29 is 9.47 Å². The Bertz CT molecular complexity index is 392. The van der Waals surface area contributed by atoms with Crippen LogP contribution in [0.25, 0.3) is 0 Å². The van der Waals surface area contributed by atoms with Crippen LogP contribution >= 0.6 is 0 Å². The molecule has 0 amide bonds. The fourth-order valence-corrected chi connectivity index (χ4v) is 2.50. The van der Waals surface area contributed by atoms with E-state index in [-0.39, 0.29) is 18.0 Å². The van der Waals surface area contributed by atoms with Crippen molar-refractivity contribution in [2.75, 3.05) is 0 Å². The van der Waals surface area contributed by atoms with Gasteiger partial charge in [0, 0.05) is 12.0 Å². The van der Waals surface area contributed by atoms with Crippen molar-refractivity contribution in [3.63, 3.8) is 0 Å². The molecule has 1 aliphatic heterocycles. The van der Waals surface area contributed by atoms with E-state index in [1.165, 1.54) is 5.56 Å². The molecule has 1 heterocycles. The number of hydrogen-bond acceptors (Lipinski definition) is 2. The first-order chi connectivity index (χ1) is 8.37. The lowest BCUT2D eigenvalue weighted by Gasteiger charge is -2.39. The molecular formula is C16H24O2. The van der Waals surface area contributed by atoms with Gasteiger partial charge in [0.05, 0.1) is 11.7 Å². The van der Waals surface area contributed by atoms with E-state index in [9.17, 15) is 0 Å². The van der Waals surface area contributed by atoms with Gasteiger partial charge in [0.1, 0.15) is 0 Å². The number of benzene rings is 1. The summed E-state index contributed by atoms with van der Waals surface area (Å²) < 4.78 is 11.9. The molecule has 0 unspecified atom stereocenters. The lowest BCUT2D eigenvalue weighted by molar-refractivity contribution is -0.273. The van der Waals surface area contributed by atoms with Crippen LogP contribution in [0.15, 0.2) is 24.3 Å². The molecule has 1 fully saturated rings. The Kier molecular flexibility index (Phi) is 3.79. The maximum atomic E-state index is 6.01. The van der Waals surface area contributed by atoms with E-state index in [0.29, 0.717) is 5.92 Å². The molecule has 0 aromatic heterocycles. The summed E-state index contributed by atoms with van der Waals surface area (Å²) in [5.41, 5.74) is 2.35. The van der Waals surface area contributed by atoms with Gasteiger partial charge in [-0.05, 0) is 32.3 Å². The molecule has 18 heavy (non-hydrogen) atoms. The first-order valence-electron chi connectivity index (χ1n) is 6.80. The summed E-state index contributed by atoms with van der Waals surface area (Å²) in [6, 6.07) is 8.57. The van der Waals surface area contributed by atoms with Crippen LogP contribution in [0.5, 0.6) is 0 Å². The summed E-state index contributed by atoms with van der Waals surface area (Å²) in [4.78, 5) is 0. The molecule has 1 aromatic rings. The van der Waals surface area contributed by atoms with Gasteiger partial charge in [-0.15, -0.1) is 0 Å². The van der Waals surface area contributed by atoms with Crippen molar-refractivity contribution in [2.24, 2.45) is 0 Å². The molecule has 1 saturated heterocycles. The van der Waals surface area contributed by atoms with E-state index in [1.807, 2.05) is 0 Å². The van der Waals surface area contributed by atoms with Crippen LogP contribution in [-0.2, 0) is 9.47 Å². The monoisotopic (exact) mass is 248 g/mol. The van der Waals surface area contributed by atoms with Gasteiger partial charge >= 0.3 is 0 Å². The molecule has 2 rings (SSSR count). The first kappa shape index (κ1) is 13.6. The van der Waals surface area contributed by atoms with Crippen molar-refractivity contribution in [3.05, 3.63) is 35.4 Å². The topological polar surface area (TPSA) is 18.5 Å². The highest BCUT2D eigenvalue weighted by Gasteiger charge is 2.34. The lowest BCUT2D eigenvalue weighted by atomic mass is 9.98. The van der Waals surface area contributed by atoms with E-state index in [1.54, 1.807) is 0 Å². The molecule has 2 heteroatoms. The highest BCUT2D eigenvalue weighted by atomic mass is 16.7. The van der Waals surface area contributed by atoms with Gasteiger partial charge in [-0.2, -0.15) is 0 Å². The van der Waals surface area contributed by atoms with Crippen LogP contribution in [0, 0.1) is 0 Å². The molecule has 0 spiro atoms. The second kappa shape index (κ2) is 5.02. The lowest BCUT2D eigenvalue weighted by Crippen LogP contribution is -2.38. The predicted octanol–water partition coefficient (Wildman–Crippen LogP) is 4.41.